The van der Waals surface area contributed by atoms with E-state index in [0.717, 1.165) is 28.7 Å². The van der Waals surface area contributed by atoms with E-state index >= 15 is 0 Å². The number of aryl methyl sites for hydroxylation is 1. The third kappa shape index (κ3) is 2.93. The van der Waals surface area contributed by atoms with Crippen LogP contribution < -0.4 is 5.76 Å². The molecule has 1 heterocycles. The molecule has 0 spiro atoms. The van der Waals surface area contributed by atoms with Gasteiger partial charge >= 0.3 is 5.76 Å². The van der Waals surface area contributed by atoms with Crippen LogP contribution in [-0.4, -0.2) is 4.98 Å². The van der Waals surface area contributed by atoms with Crippen LogP contribution in [0.4, 0.5) is 8.78 Å². The van der Waals surface area contributed by atoms with E-state index in [1.807, 2.05) is 24.3 Å². The number of aromatic nitrogens is 1. The number of hydrogen-bond acceptors (Lipinski definition) is 2. The van der Waals surface area contributed by atoms with Gasteiger partial charge in [-0.2, -0.15) is 0 Å². The average Bonchev–Trinajstić information content (AvgIpc) is 2.97. The largest absolute Gasteiger partial charge is 0.417 e. The number of H-pyrrole nitrogens is 1. The first-order chi connectivity index (χ1) is 13.6. The number of allylic oxidation sites excluding steroid dienone is 5. The summed E-state index contributed by atoms with van der Waals surface area (Å²) in [5.74, 6) is -0.965. The van der Waals surface area contributed by atoms with Gasteiger partial charge < -0.3 is 4.42 Å². The van der Waals surface area contributed by atoms with Crippen molar-refractivity contribution in [1.82, 2.24) is 4.98 Å². The van der Waals surface area contributed by atoms with E-state index in [1.165, 1.54) is 12.1 Å². The number of halogens is 2. The van der Waals surface area contributed by atoms with Gasteiger partial charge in [0.2, 0.25) is 0 Å². The first-order valence-electron chi connectivity index (χ1n) is 9.25. The first-order valence-corrected chi connectivity index (χ1v) is 9.25. The highest BCUT2D eigenvalue weighted by atomic mass is 19.1. The SMILES string of the molecule is O=c1[nH]c2cc(/C=C3\c4ccc(F)cc4CCC4C=C(F)C=CC34)ccc2o1. The summed E-state index contributed by atoms with van der Waals surface area (Å²) in [5, 5.41) is 0. The minimum Gasteiger partial charge on any atom is -0.408 e. The number of rotatable bonds is 1. The molecule has 2 aliphatic rings. The summed E-state index contributed by atoms with van der Waals surface area (Å²) >= 11 is 0. The molecule has 1 N–H and O–H groups in total. The zero-order valence-corrected chi connectivity index (χ0v) is 14.9. The first kappa shape index (κ1) is 16.9. The van der Waals surface area contributed by atoms with Crippen LogP contribution in [0.2, 0.25) is 0 Å². The molecule has 28 heavy (non-hydrogen) atoms. The van der Waals surface area contributed by atoms with Crippen molar-refractivity contribution in [3.05, 3.63) is 93.5 Å². The van der Waals surface area contributed by atoms with Crippen molar-refractivity contribution in [2.24, 2.45) is 11.8 Å². The molecule has 2 aromatic carbocycles. The minimum absolute atomic E-state index is 0.00491. The van der Waals surface area contributed by atoms with E-state index in [9.17, 15) is 13.6 Å². The number of benzene rings is 2. The van der Waals surface area contributed by atoms with Crippen molar-refractivity contribution in [3.8, 4) is 0 Å². The van der Waals surface area contributed by atoms with Crippen LogP contribution in [-0.2, 0) is 6.42 Å². The Bertz CT molecular complexity index is 1230. The van der Waals surface area contributed by atoms with E-state index < -0.39 is 5.76 Å². The van der Waals surface area contributed by atoms with Gasteiger partial charge in [0.25, 0.3) is 0 Å². The number of hydrogen-bond donors (Lipinski definition) is 1. The smallest absolute Gasteiger partial charge is 0.408 e. The lowest BCUT2D eigenvalue weighted by atomic mass is 9.79. The van der Waals surface area contributed by atoms with E-state index in [-0.39, 0.29) is 23.5 Å². The van der Waals surface area contributed by atoms with E-state index in [4.69, 9.17) is 4.42 Å². The van der Waals surface area contributed by atoms with E-state index in [0.29, 0.717) is 17.5 Å². The lowest BCUT2D eigenvalue weighted by molar-refractivity contribution is 0.503. The fourth-order valence-electron chi connectivity index (χ4n) is 4.26. The quantitative estimate of drug-likeness (QED) is 0.617. The Morgan fingerprint density at radius 1 is 1.14 bits per heavy atom. The third-order valence-electron chi connectivity index (χ3n) is 5.55. The monoisotopic (exact) mass is 377 g/mol. The zero-order valence-electron chi connectivity index (χ0n) is 14.9. The number of nitrogens with one attached hydrogen (secondary N) is 1. The molecule has 0 saturated carbocycles. The van der Waals surface area contributed by atoms with Crippen LogP contribution >= 0.6 is 0 Å². The summed E-state index contributed by atoms with van der Waals surface area (Å²) in [7, 11) is 0. The van der Waals surface area contributed by atoms with Gasteiger partial charge in [-0.3, -0.25) is 4.98 Å². The fourth-order valence-corrected chi connectivity index (χ4v) is 4.26. The molecule has 0 radical (unpaired) electrons. The molecule has 0 saturated heterocycles. The van der Waals surface area contributed by atoms with Gasteiger partial charge in [0.05, 0.1) is 5.52 Å². The second-order valence-electron chi connectivity index (χ2n) is 7.31. The molecule has 2 unspecified atom stereocenters. The summed E-state index contributed by atoms with van der Waals surface area (Å²) in [4.78, 5) is 14.1. The molecule has 0 bridgehead atoms. The van der Waals surface area contributed by atoms with Crippen molar-refractivity contribution in [2.75, 3.05) is 0 Å². The predicted octanol–water partition coefficient (Wildman–Crippen LogP) is 5.40. The zero-order chi connectivity index (χ0) is 19.3. The molecular weight excluding hydrogens is 360 g/mol. The maximum absolute atomic E-state index is 13.9. The van der Waals surface area contributed by atoms with Crippen LogP contribution in [0.3, 0.4) is 0 Å². The highest BCUT2D eigenvalue weighted by Crippen LogP contribution is 2.43. The van der Waals surface area contributed by atoms with Crippen molar-refractivity contribution >= 4 is 22.7 Å². The van der Waals surface area contributed by atoms with Gasteiger partial charge in [0, 0.05) is 5.92 Å². The molecule has 5 rings (SSSR count). The highest BCUT2D eigenvalue weighted by Gasteiger charge is 2.29. The molecule has 0 aliphatic heterocycles. The lowest BCUT2D eigenvalue weighted by Gasteiger charge is -2.25. The van der Waals surface area contributed by atoms with E-state index in [2.05, 4.69) is 4.98 Å². The topological polar surface area (TPSA) is 46.0 Å². The van der Waals surface area contributed by atoms with Crippen molar-refractivity contribution < 1.29 is 13.2 Å². The molecule has 3 nitrogen and oxygen atoms in total. The Morgan fingerprint density at radius 3 is 2.93 bits per heavy atom. The van der Waals surface area contributed by atoms with E-state index in [1.54, 1.807) is 24.3 Å². The van der Waals surface area contributed by atoms with Crippen LogP contribution in [0.25, 0.3) is 22.7 Å². The molecule has 2 aliphatic carbocycles. The second kappa shape index (κ2) is 6.44. The Hall–Kier alpha value is -3.21. The average molecular weight is 377 g/mol. The lowest BCUT2D eigenvalue weighted by Crippen LogP contribution is -2.14. The molecule has 140 valence electrons. The Balaban J connectivity index is 1.69. The normalized spacial score (nSPS) is 22.6. The maximum atomic E-state index is 13.9. The van der Waals surface area contributed by atoms with Crippen molar-refractivity contribution in [3.63, 3.8) is 0 Å². The number of fused-ring (bicyclic) bond motifs is 3. The molecule has 2 atom stereocenters. The molecular formula is C23H17F2NO2. The summed E-state index contributed by atoms with van der Waals surface area (Å²) in [6.45, 7) is 0. The molecule has 0 amide bonds. The molecule has 5 heteroatoms. The summed E-state index contributed by atoms with van der Waals surface area (Å²) in [5.41, 5.74) is 4.93. The fraction of sp³-hybridized carbons (Fsp3) is 0.174. The van der Waals surface area contributed by atoms with Crippen molar-refractivity contribution in [1.29, 1.82) is 0 Å². The van der Waals surface area contributed by atoms with Gasteiger partial charge in [-0.1, -0.05) is 24.3 Å². The Kier molecular flexibility index (Phi) is 3.90. The third-order valence-corrected chi connectivity index (χ3v) is 5.55. The molecule has 3 aromatic rings. The standard InChI is InChI=1S/C23H17F2NO2/c24-16-4-6-18-14(11-16)2-3-15-12-17(25)5-7-19(15)20(18)9-13-1-8-22-21(10-13)26-23(27)28-22/h1,4-12,14,18H,2-3H2,(H,26,27)/b20-9-. The van der Waals surface area contributed by atoms with Gasteiger partial charge in [-0.05, 0) is 77.4 Å². The number of oxazole rings is 1. The predicted molar refractivity (Wildman–Crippen MR) is 105 cm³/mol. The van der Waals surface area contributed by atoms with Gasteiger partial charge in [0.15, 0.2) is 5.58 Å². The molecule has 0 fully saturated rings. The maximum Gasteiger partial charge on any atom is 0.417 e. The Morgan fingerprint density at radius 2 is 2.04 bits per heavy atom. The summed E-state index contributed by atoms with van der Waals surface area (Å²) < 4.78 is 32.8. The van der Waals surface area contributed by atoms with Gasteiger partial charge in [-0.25, -0.2) is 13.6 Å². The van der Waals surface area contributed by atoms with Gasteiger partial charge in [-0.15, -0.1) is 0 Å². The van der Waals surface area contributed by atoms with Crippen molar-refractivity contribution in [2.45, 2.75) is 12.8 Å². The van der Waals surface area contributed by atoms with Crippen LogP contribution in [0, 0.1) is 17.7 Å². The minimum atomic E-state index is -0.494. The number of aromatic amines is 1. The van der Waals surface area contributed by atoms with Crippen LogP contribution in [0.15, 0.2) is 69.7 Å². The van der Waals surface area contributed by atoms with Crippen LogP contribution in [0.1, 0.15) is 23.1 Å². The highest BCUT2D eigenvalue weighted by molar-refractivity contribution is 5.88. The Labute approximate surface area is 159 Å². The van der Waals surface area contributed by atoms with Crippen LogP contribution in [0.5, 0.6) is 0 Å². The summed E-state index contributed by atoms with van der Waals surface area (Å²) in [6.07, 6.45) is 8.54. The molecule has 1 aromatic heterocycles. The van der Waals surface area contributed by atoms with Gasteiger partial charge in [0.1, 0.15) is 11.6 Å². The summed E-state index contributed by atoms with van der Waals surface area (Å²) in [6, 6.07) is 10.3. The second-order valence-corrected chi connectivity index (χ2v) is 7.31.